The van der Waals surface area contributed by atoms with Gasteiger partial charge >= 0.3 is 0 Å². The van der Waals surface area contributed by atoms with E-state index in [0.29, 0.717) is 19.2 Å². The number of rotatable bonds is 7. The number of piperidine rings is 1. The van der Waals surface area contributed by atoms with Gasteiger partial charge in [0.15, 0.2) is 0 Å². The highest BCUT2D eigenvalue weighted by atomic mass is 16.5. The maximum atomic E-state index is 5.62. The highest BCUT2D eigenvalue weighted by molar-refractivity contribution is 4.76. The monoisotopic (exact) mass is 215 g/mol. The molecule has 4 heteroatoms. The second-order valence-corrected chi connectivity index (χ2v) is 4.16. The molecule has 1 heterocycles. The second kappa shape index (κ2) is 8.05. The number of nitrogens with zero attached hydrogens (tertiary/aromatic N) is 1. The molecule has 1 rings (SSSR count). The van der Waals surface area contributed by atoms with E-state index in [-0.39, 0.29) is 0 Å². The number of hydrogen-bond donors (Lipinski definition) is 2. The Morgan fingerprint density at radius 2 is 2.00 bits per heavy atom. The van der Waals surface area contributed by atoms with Gasteiger partial charge < -0.3 is 16.2 Å². The Labute approximate surface area is 92.9 Å². The molecule has 0 aromatic rings. The smallest absolute Gasteiger partial charge is 0.0594 e. The molecule has 4 nitrogen and oxygen atoms in total. The Morgan fingerprint density at radius 3 is 2.73 bits per heavy atom. The molecule has 0 saturated carbocycles. The van der Waals surface area contributed by atoms with Crippen molar-refractivity contribution in [2.45, 2.75) is 31.7 Å². The molecule has 1 aliphatic rings. The third kappa shape index (κ3) is 4.93. The Kier molecular flexibility index (Phi) is 6.92. The van der Waals surface area contributed by atoms with Gasteiger partial charge in [-0.2, -0.15) is 0 Å². The molecule has 1 aliphatic heterocycles. The Morgan fingerprint density at radius 1 is 1.13 bits per heavy atom. The van der Waals surface area contributed by atoms with Gasteiger partial charge in [0.1, 0.15) is 0 Å². The zero-order valence-electron chi connectivity index (χ0n) is 9.66. The van der Waals surface area contributed by atoms with E-state index in [9.17, 15) is 0 Å². The molecule has 1 saturated heterocycles. The van der Waals surface area contributed by atoms with Crippen LogP contribution in [0.1, 0.15) is 25.7 Å². The predicted molar refractivity (Wildman–Crippen MR) is 62.8 cm³/mol. The van der Waals surface area contributed by atoms with Gasteiger partial charge in [0, 0.05) is 19.1 Å². The van der Waals surface area contributed by atoms with Crippen LogP contribution in [0.5, 0.6) is 0 Å². The summed E-state index contributed by atoms with van der Waals surface area (Å²) in [6.07, 6.45) is 5.09. The number of ether oxygens (including phenoxy) is 1. The van der Waals surface area contributed by atoms with Crippen molar-refractivity contribution in [3.63, 3.8) is 0 Å². The minimum Gasteiger partial charge on any atom is -0.379 e. The summed E-state index contributed by atoms with van der Waals surface area (Å²) in [5.41, 5.74) is 11.0. The van der Waals surface area contributed by atoms with Crippen molar-refractivity contribution < 1.29 is 4.74 Å². The van der Waals surface area contributed by atoms with Crippen molar-refractivity contribution in [2.75, 3.05) is 39.4 Å². The third-order valence-corrected chi connectivity index (χ3v) is 3.03. The Bertz CT molecular complexity index is 153. The summed E-state index contributed by atoms with van der Waals surface area (Å²) in [7, 11) is 0. The second-order valence-electron chi connectivity index (χ2n) is 4.16. The van der Waals surface area contributed by atoms with Crippen molar-refractivity contribution in [2.24, 2.45) is 11.5 Å². The summed E-state index contributed by atoms with van der Waals surface area (Å²) in [5.74, 6) is 0. The SMILES string of the molecule is NCCOCCN1CCCCC1CCN. The van der Waals surface area contributed by atoms with Crippen LogP contribution in [0.3, 0.4) is 0 Å². The molecule has 1 atom stereocenters. The largest absolute Gasteiger partial charge is 0.379 e. The Hall–Kier alpha value is -0.160. The first-order valence-corrected chi connectivity index (χ1v) is 6.10. The van der Waals surface area contributed by atoms with E-state index >= 15 is 0 Å². The first-order chi connectivity index (χ1) is 7.38. The van der Waals surface area contributed by atoms with Crippen LogP contribution in [0.15, 0.2) is 0 Å². The van der Waals surface area contributed by atoms with E-state index in [1.807, 2.05) is 0 Å². The summed E-state index contributed by atoms with van der Waals surface area (Å²) < 4.78 is 5.41. The van der Waals surface area contributed by atoms with Crippen LogP contribution in [-0.4, -0.2) is 50.3 Å². The van der Waals surface area contributed by atoms with Crippen molar-refractivity contribution in [1.29, 1.82) is 0 Å². The summed E-state index contributed by atoms with van der Waals surface area (Å²) in [6.45, 7) is 5.13. The Balaban J connectivity index is 2.17. The van der Waals surface area contributed by atoms with Crippen LogP contribution in [0.4, 0.5) is 0 Å². The number of nitrogens with two attached hydrogens (primary N) is 2. The van der Waals surface area contributed by atoms with Crippen molar-refractivity contribution >= 4 is 0 Å². The molecule has 0 aromatic carbocycles. The normalized spacial score (nSPS) is 23.2. The molecule has 90 valence electrons. The average molecular weight is 215 g/mol. The average Bonchev–Trinajstić information content (AvgIpc) is 2.27. The van der Waals surface area contributed by atoms with Gasteiger partial charge in [-0.1, -0.05) is 6.42 Å². The summed E-state index contributed by atoms with van der Waals surface area (Å²) in [4.78, 5) is 2.52. The summed E-state index contributed by atoms with van der Waals surface area (Å²) >= 11 is 0. The predicted octanol–water partition coefficient (Wildman–Crippen LogP) is 0.165. The molecule has 0 bridgehead atoms. The maximum absolute atomic E-state index is 5.62. The van der Waals surface area contributed by atoms with Crippen LogP contribution in [0.25, 0.3) is 0 Å². The lowest BCUT2D eigenvalue weighted by Crippen LogP contribution is -2.42. The molecule has 0 amide bonds. The van der Waals surface area contributed by atoms with Crippen LogP contribution < -0.4 is 11.5 Å². The topological polar surface area (TPSA) is 64.5 Å². The maximum Gasteiger partial charge on any atom is 0.0594 e. The first kappa shape index (κ1) is 12.9. The van der Waals surface area contributed by atoms with E-state index in [1.165, 1.54) is 25.8 Å². The van der Waals surface area contributed by atoms with Crippen molar-refractivity contribution in [1.82, 2.24) is 4.90 Å². The van der Waals surface area contributed by atoms with Crippen LogP contribution in [0, 0.1) is 0 Å². The zero-order valence-corrected chi connectivity index (χ0v) is 9.66. The van der Waals surface area contributed by atoms with Gasteiger partial charge in [0.2, 0.25) is 0 Å². The van der Waals surface area contributed by atoms with Crippen LogP contribution in [0.2, 0.25) is 0 Å². The molecule has 4 N–H and O–H groups in total. The van der Waals surface area contributed by atoms with Crippen LogP contribution in [-0.2, 0) is 4.74 Å². The van der Waals surface area contributed by atoms with E-state index < -0.39 is 0 Å². The number of hydrogen-bond acceptors (Lipinski definition) is 4. The molecular formula is C11H25N3O. The van der Waals surface area contributed by atoms with Crippen molar-refractivity contribution in [3.8, 4) is 0 Å². The van der Waals surface area contributed by atoms with Crippen molar-refractivity contribution in [3.05, 3.63) is 0 Å². The van der Waals surface area contributed by atoms with E-state index in [1.54, 1.807) is 0 Å². The van der Waals surface area contributed by atoms with E-state index in [4.69, 9.17) is 16.2 Å². The lowest BCUT2D eigenvalue weighted by atomic mass is 9.99. The lowest BCUT2D eigenvalue weighted by Gasteiger charge is -2.35. The molecule has 0 aromatic heterocycles. The summed E-state index contributed by atoms with van der Waals surface area (Å²) in [5, 5.41) is 0. The quantitative estimate of drug-likeness (QED) is 0.594. The molecule has 0 spiro atoms. The van der Waals surface area contributed by atoms with Crippen LogP contribution >= 0.6 is 0 Å². The van der Waals surface area contributed by atoms with E-state index in [2.05, 4.69) is 4.90 Å². The molecule has 1 unspecified atom stereocenters. The highest BCUT2D eigenvalue weighted by Crippen LogP contribution is 2.18. The zero-order chi connectivity index (χ0) is 10.9. The molecule has 0 aliphatic carbocycles. The van der Waals surface area contributed by atoms with Gasteiger partial charge in [-0.05, 0) is 32.4 Å². The lowest BCUT2D eigenvalue weighted by molar-refractivity contribution is 0.0729. The van der Waals surface area contributed by atoms with Gasteiger partial charge in [-0.15, -0.1) is 0 Å². The molecule has 0 radical (unpaired) electrons. The minimum atomic E-state index is 0.617. The van der Waals surface area contributed by atoms with E-state index in [0.717, 1.165) is 26.1 Å². The minimum absolute atomic E-state index is 0.617. The van der Waals surface area contributed by atoms with Gasteiger partial charge in [0.05, 0.1) is 13.2 Å². The fraction of sp³-hybridized carbons (Fsp3) is 1.00. The molecule has 15 heavy (non-hydrogen) atoms. The molecular weight excluding hydrogens is 190 g/mol. The third-order valence-electron chi connectivity index (χ3n) is 3.03. The van der Waals surface area contributed by atoms with Gasteiger partial charge in [-0.25, -0.2) is 0 Å². The first-order valence-electron chi connectivity index (χ1n) is 6.10. The highest BCUT2D eigenvalue weighted by Gasteiger charge is 2.20. The van der Waals surface area contributed by atoms with Gasteiger partial charge in [0.25, 0.3) is 0 Å². The number of likely N-dealkylation sites (tertiary alicyclic amines) is 1. The summed E-state index contributed by atoms with van der Waals surface area (Å²) in [6, 6.07) is 0.685. The fourth-order valence-corrected chi connectivity index (χ4v) is 2.24. The fourth-order valence-electron chi connectivity index (χ4n) is 2.24. The van der Waals surface area contributed by atoms with Gasteiger partial charge in [-0.3, -0.25) is 4.90 Å². The standard InChI is InChI=1S/C11H25N3O/c12-5-4-11-3-1-2-7-14(11)8-10-15-9-6-13/h11H,1-10,12-13H2. The molecule has 1 fully saturated rings.